The number of Topliss-reactive ketones (excluding diaryl/α,β-unsaturated/α-hetero) is 1. The molecule has 2 aromatic carbocycles. The topological polar surface area (TPSA) is 50.2 Å². The molecule has 0 fully saturated rings. The molecular formula is C19H10Cl3NO2. The second-order valence-electron chi connectivity index (χ2n) is 5.76. The van der Waals surface area contributed by atoms with E-state index >= 15 is 0 Å². The summed E-state index contributed by atoms with van der Waals surface area (Å²) in [4.78, 5) is 17.5. The first-order valence-electron chi connectivity index (χ1n) is 7.43. The van der Waals surface area contributed by atoms with Gasteiger partial charge in [0.15, 0.2) is 5.78 Å². The van der Waals surface area contributed by atoms with E-state index in [2.05, 4.69) is 4.98 Å². The molecule has 0 unspecified atom stereocenters. The quantitative estimate of drug-likeness (QED) is 0.509. The molecule has 1 N–H and O–H groups in total. The van der Waals surface area contributed by atoms with Crippen molar-refractivity contribution < 1.29 is 9.90 Å². The number of para-hydroxylation sites is 1. The van der Waals surface area contributed by atoms with Gasteiger partial charge in [-0.05, 0) is 24.6 Å². The van der Waals surface area contributed by atoms with Gasteiger partial charge in [-0.1, -0.05) is 59.1 Å². The summed E-state index contributed by atoms with van der Waals surface area (Å²) in [6.07, 6.45) is 0. The number of carbonyl (C=O) groups excluding carboxylic acids is 1. The molecule has 0 amide bonds. The minimum Gasteiger partial charge on any atom is -0.506 e. The maximum Gasteiger partial charge on any atom is 0.200 e. The van der Waals surface area contributed by atoms with Gasteiger partial charge in [0.05, 0.1) is 31.9 Å². The highest BCUT2D eigenvalue weighted by Gasteiger charge is 2.37. The van der Waals surface area contributed by atoms with Crippen LogP contribution < -0.4 is 0 Å². The minimum atomic E-state index is -0.367. The highest BCUT2D eigenvalue weighted by Crippen LogP contribution is 2.47. The van der Waals surface area contributed by atoms with Gasteiger partial charge in [-0.15, -0.1) is 0 Å². The van der Waals surface area contributed by atoms with Gasteiger partial charge in [-0.25, -0.2) is 4.98 Å². The lowest BCUT2D eigenvalue weighted by atomic mass is 10.0. The number of ketones is 1. The molecule has 3 nitrogen and oxygen atoms in total. The number of rotatable bonds is 1. The Kier molecular flexibility index (Phi) is 3.76. The van der Waals surface area contributed by atoms with Crippen molar-refractivity contribution >= 4 is 62.8 Å². The zero-order chi connectivity index (χ0) is 17.9. The molecule has 124 valence electrons. The second kappa shape index (κ2) is 5.73. The molecule has 4 rings (SSSR count). The molecule has 6 heteroatoms. The monoisotopic (exact) mass is 389 g/mol. The van der Waals surface area contributed by atoms with E-state index in [0.29, 0.717) is 11.3 Å². The van der Waals surface area contributed by atoms with Crippen LogP contribution in [0.25, 0.3) is 22.2 Å². The van der Waals surface area contributed by atoms with E-state index < -0.39 is 0 Å². The number of nitrogens with zero attached hydrogens (tertiary/aromatic N) is 1. The molecule has 0 saturated heterocycles. The number of hydrogen-bond acceptors (Lipinski definition) is 3. The average Bonchev–Trinajstić information content (AvgIpc) is 2.88. The highest BCUT2D eigenvalue weighted by atomic mass is 35.5. The summed E-state index contributed by atoms with van der Waals surface area (Å²) in [6.45, 7) is 1.67. The molecule has 3 aromatic rings. The number of fused-ring (bicyclic) bond motifs is 2. The minimum absolute atomic E-state index is 0.0638. The van der Waals surface area contributed by atoms with E-state index in [-0.39, 0.29) is 43.3 Å². The summed E-state index contributed by atoms with van der Waals surface area (Å²) in [5.74, 6) is -0.595. The van der Waals surface area contributed by atoms with E-state index in [9.17, 15) is 9.90 Å². The second-order valence-corrected chi connectivity index (χ2v) is 6.89. The molecule has 0 spiro atoms. The molecule has 0 aliphatic heterocycles. The third-order valence-electron chi connectivity index (χ3n) is 4.34. The summed E-state index contributed by atoms with van der Waals surface area (Å²) in [5.41, 5.74) is 2.16. The van der Waals surface area contributed by atoms with Crippen molar-refractivity contribution in [2.75, 3.05) is 0 Å². The summed E-state index contributed by atoms with van der Waals surface area (Å²) in [5, 5.41) is 12.0. The van der Waals surface area contributed by atoms with Crippen molar-refractivity contribution in [1.82, 2.24) is 4.98 Å². The third-order valence-corrected chi connectivity index (χ3v) is 5.76. The number of aliphatic hydroxyl groups excluding tert-OH is 1. The van der Waals surface area contributed by atoms with Crippen LogP contribution in [-0.4, -0.2) is 15.9 Å². The van der Waals surface area contributed by atoms with E-state index in [1.54, 1.807) is 13.0 Å². The molecule has 0 radical (unpaired) electrons. The predicted molar refractivity (Wildman–Crippen MR) is 102 cm³/mol. The number of aliphatic hydroxyl groups is 1. The van der Waals surface area contributed by atoms with Gasteiger partial charge in [0.25, 0.3) is 0 Å². The van der Waals surface area contributed by atoms with Crippen LogP contribution in [0.3, 0.4) is 0 Å². The van der Waals surface area contributed by atoms with Crippen molar-refractivity contribution in [2.45, 2.75) is 6.92 Å². The van der Waals surface area contributed by atoms with Gasteiger partial charge < -0.3 is 5.11 Å². The van der Waals surface area contributed by atoms with Gasteiger partial charge in [0.2, 0.25) is 0 Å². The maximum absolute atomic E-state index is 13.0. The van der Waals surface area contributed by atoms with E-state index in [4.69, 9.17) is 34.8 Å². The lowest BCUT2D eigenvalue weighted by Crippen LogP contribution is -2.03. The molecule has 25 heavy (non-hydrogen) atoms. The molecule has 1 aliphatic carbocycles. The zero-order valence-electron chi connectivity index (χ0n) is 12.9. The predicted octanol–water partition coefficient (Wildman–Crippen LogP) is 6.13. The van der Waals surface area contributed by atoms with Crippen molar-refractivity contribution in [3.05, 3.63) is 73.9 Å². The normalized spacial score (nSPS) is 13.7. The molecular weight excluding hydrogens is 381 g/mol. The number of aromatic nitrogens is 1. The lowest BCUT2D eigenvalue weighted by molar-refractivity contribution is 0.105. The van der Waals surface area contributed by atoms with Crippen LogP contribution >= 0.6 is 34.8 Å². The summed E-state index contributed by atoms with van der Waals surface area (Å²) >= 11 is 18.5. The lowest BCUT2D eigenvalue weighted by Gasteiger charge is -2.10. The fourth-order valence-corrected chi connectivity index (χ4v) is 3.84. The molecule has 1 heterocycles. The van der Waals surface area contributed by atoms with Crippen LogP contribution in [0, 0.1) is 6.92 Å². The van der Waals surface area contributed by atoms with Crippen LogP contribution in [0.4, 0.5) is 0 Å². The Hall–Kier alpha value is -2.07. The van der Waals surface area contributed by atoms with Crippen LogP contribution in [-0.2, 0) is 0 Å². The smallest absolute Gasteiger partial charge is 0.200 e. The van der Waals surface area contributed by atoms with Gasteiger partial charge in [0, 0.05) is 16.5 Å². The number of halogens is 3. The van der Waals surface area contributed by atoms with Crippen LogP contribution in [0.2, 0.25) is 15.1 Å². The number of hydrogen-bond donors (Lipinski definition) is 1. The largest absolute Gasteiger partial charge is 0.506 e. The van der Waals surface area contributed by atoms with Crippen molar-refractivity contribution in [2.24, 2.45) is 0 Å². The Bertz CT molecular complexity index is 1120. The van der Waals surface area contributed by atoms with Crippen LogP contribution in [0.5, 0.6) is 0 Å². The van der Waals surface area contributed by atoms with Crippen LogP contribution in [0.1, 0.15) is 27.2 Å². The molecule has 0 bridgehead atoms. The Morgan fingerprint density at radius 1 is 0.920 bits per heavy atom. The van der Waals surface area contributed by atoms with Crippen molar-refractivity contribution in [3.8, 4) is 0 Å². The van der Waals surface area contributed by atoms with Crippen molar-refractivity contribution in [1.29, 1.82) is 0 Å². The SMILES string of the molecule is Cc1c(Cl)c(Cl)c(Cl)c2c1C(=O)C(c1ccc3ccccc3n1)=C2O. The number of carbonyl (C=O) groups is 1. The summed E-state index contributed by atoms with van der Waals surface area (Å²) in [6, 6.07) is 11.1. The Morgan fingerprint density at radius 3 is 2.40 bits per heavy atom. The van der Waals surface area contributed by atoms with E-state index in [0.717, 1.165) is 10.9 Å². The molecule has 0 saturated carbocycles. The Labute approximate surface area is 158 Å². The van der Waals surface area contributed by atoms with Gasteiger partial charge >= 0.3 is 0 Å². The fraction of sp³-hybridized carbons (Fsp3) is 0.0526. The highest BCUT2D eigenvalue weighted by molar-refractivity contribution is 6.52. The average molecular weight is 391 g/mol. The standard InChI is InChI=1S/C19H10Cl3NO2/c1-8-12-14(16(21)17(22)15(8)20)19(25)13(18(12)24)11-7-6-9-4-2-3-5-10(9)23-11/h2-7,25H,1H3. The number of benzene rings is 2. The Balaban J connectivity index is 1.99. The third kappa shape index (κ3) is 2.27. The van der Waals surface area contributed by atoms with E-state index in [1.165, 1.54) is 0 Å². The van der Waals surface area contributed by atoms with Gasteiger partial charge in [-0.3, -0.25) is 4.79 Å². The summed E-state index contributed by atoms with van der Waals surface area (Å²) < 4.78 is 0. The van der Waals surface area contributed by atoms with Gasteiger partial charge in [0.1, 0.15) is 5.76 Å². The first-order chi connectivity index (χ1) is 11.9. The van der Waals surface area contributed by atoms with E-state index in [1.807, 2.05) is 30.3 Å². The first kappa shape index (κ1) is 16.4. The fourth-order valence-electron chi connectivity index (χ4n) is 3.08. The molecule has 0 atom stereocenters. The maximum atomic E-state index is 13.0. The summed E-state index contributed by atoms with van der Waals surface area (Å²) in [7, 11) is 0. The Morgan fingerprint density at radius 2 is 1.64 bits per heavy atom. The van der Waals surface area contributed by atoms with Crippen molar-refractivity contribution in [3.63, 3.8) is 0 Å². The first-order valence-corrected chi connectivity index (χ1v) is 8.56. The van der Waals surface area contributed by atoms with Gasteiger partial charge in [-0.2, -0.15) is 0 Å². The number of allylic oxidation sites excluding steroid dienone is 1. The molecule has 1 aromatic heterocycles. The molecule has 1 aliphatic rings. The number of pyridine rings is 1. The van der Waals surface area contributed by atoms with Crippen LogP contribution in [0.15, 0.2) is 36.4 Å². The zero-order valence-corrected chi connectivity index (χ0v) is 15.2.